The predicted molar refractivity (Wildman–Crippen MR) is 130 cm³/mol. The zero-order chi connectivity index (χ0) is 27.1. The van der Waals surface area contributed by atoms with Crippen molar-refractivity contribution in [1.82, 2.24) is 5.32 Å². The number of hydrogen-bond acceptors (Lipinski definition) is 11. The summed E-state index contributed by atoms with van der Waals surface area (Å²) in [6.45, 7) is 1.75. The molecule has 0 bridgehead atoms. The van der Waals surface area contributed by atoms with Crippen LogP contribution in [0.4, 0.5) is 0 Å². The highest BCUT2D eigenvalue weighted by Gasteiger charge is 2.46. The number of furan rings is 1. The Morgan fingerprint density at radius 2 is 1.95 bits per heavy atom. The van der Waals surface area contributed by atoms with Crippen molar-refractivity contribution in [2.75, 3.05) is 26.9 Å². The summed E-state index contributed by atoms with van der Waals surface area (Å²) >= 11 is 0. The third-order valence-corrected chi connectivity index (χ3v) is 7.31. The second kappa shape index (κ2) is 10.5. The molecule has 5 N–H and O–H groups in total. The highest BCUT2D eigenvalue weighted by atomic mass is 16.7. The molecule has 3 aliphatic rings. The van der Waals surface area contributed by atoms with Crippen LogP contribution in [0.3, 0.4) is 0 Å². The van der Waals surface area contributed by atoms with Crippen molar-refractivity contribution in [2.24, 2.45) is 5.92 Å². The number of carbonyl (C=O) groups excluding carboxylic acids is 2. The van der Waals surface area contributed by atoms with Gasteiger partial charge in [0.25, 0.3) is 0 Å². The largest absolute Gasteiger partial charge is 0.490 e. The number of ether oxygens (including phenoxy) is 4. The lowest BCUT2D eigenvalue weighted by atomic mass is 9.84. The van der Waals surface area contributed by atoms with Crippen LogP contribution in [0.15, 0.2) is 16.8 Å². The van der Waals surface area contributed by atoms with Gasteiger partial charge in [-0.25, -0.2) is 0 Å². The number of fused-ring (bicyclic) bond motifs is 3. The first kappa shape index (κ1) is 26.4. The summed E-state index contributed by atoms with van der Waals surface area (Å²) in [5, 5.41) is 44.2. The first-order valence-electron chi connectivity index (χ1n) is 12.5. The van der Waals surface area contributed by atoms with Gasteiger partial charge < -0.3 is 49.1 Å². The van der Waals surface area contributed by atoms with Gasteiger partial charge >= 0.3 is 5.97 Å². The Balaban J connectivity index is 1.64. The monoisotopic (exact) mass is 533 g/mol. The summed E-state index contributed by atoms with van der Waals surface area (Å²) in [6, 6.07) is 0. The molecule has 38 heavy (non-hydrogen) atoms. The Bertz CT molecular complexity index is 1250. The first-order valence-corrected chi connectivity index (χ1v) is 12.5. The average Bonchev–Trinajstić information content (AvgIpc) is 3.55. The van der Waals surface area contributed by atoms with Crippen molar-refractivity contribution in [1.29, 1.82) is 0 Å². The quantitative estimate of drug-likeness (QED) is 0.302. The van der Waals surface area contributed by atoms with Gasteiger partial charge in [0.2, 0.25) is 17.9 Å². The van der Waals surface area contributed by atoms with Crippen molar-refractivity contribution in [3.63, 3.8) is 0 Å². The van der Waals surface area contributed by atoms with E-state index in [4.69, 9.17) is 23.4 Å². The summed E-state index contributed by atoms with van der Waals surface area (Å²) < 4.78 is 28.5. The van der Waals surface area contributed by atoms with Crippen LogP contribution < -0.4 is 14.8 Å². The number of benzene rings is 1. The molecule has 2 aromatic rings. The van der Waals surface area contributed by atoms with Gasteiger partial charge in [-0.2, -0.15) is 0 Å². The molecule has 2 fully saturated rings. The number of nitrogens with one attached hydrogen (secondary N) is 1. The number of methoxy groups -OCH3 is 1. The van der Waals surface area contributed by atoms with E-state index in [-0.39, 0.29) is 36.4 Å². The predicted octanol–water partition coefficient (Wildman–Crippen LogP) is -0.0278. The Morgan fingerprint density at radius 3 is 2.61 bits per heavy atom. The second-order valence-electron chi connectivity index (χ2n) is 9.59. The molecule has 0 unspecified atom stereocenters. The number of amides is 1. The van der Waals surface area contributed by atoms with E-state index in [0.29, 0.717) is 35.1 Å². The van der Waals surface area contributed by atoms with Crippen LogP contribution in [0.5, 0.6) is 11.5 Å². The van der Waals surface area contributed by atoms with Gasteiger partial charge in [0.05, 0.1) is 32.5 Å². The minimum absolute atomic E-state index is 0.0642. The minimum atomic E-state index is -1.66. The lowest BCUT2D eigenvalue weighted by Crippen LogP contribution is -2.60. The molecule has 3 heterocycles. The molecule has 7 atom stereocenters. The molecule has 1 aromatic carbocycles. The Labute approximate surface area is 217 Å². The van der Waals surface area contributed by atoms with Crippen molar-refractivity contribution in [3.8, 4) is 11.5 Å². The molecule has 12 nitrogen and oxygen atoms in total. The van der Waals surface area contributed by atoms with Crippen LogP contribution >= 0.6 is 0 Å². The van der Waals surface area contributed by atoms with Crippen LogP contribution in [0.2, 0.25) is 0 Å². The molecule has 1 amide bonds. The van der Waals surface area contributed by atoms with Crippen molar-refractivity contribution in [2.45, 2.75) is 56.4 Å². The fourth-order valence-corrected chi connectivity index (χ4v) is 5.34. The van der Waals surface area contributed by atoms with Gasteiger partial charge in [0.15, 0.2) is 11.3 Å². The van der Waals surface area contributed by atoms with E-state index in [1.54, 1.807) is 25.3 Å². The summed E-state index contributed by atoms with van der Waals surface area (Å²) in [6.07, 6.45) is -2.00. The third-order valence-electron chi connectivity index (χ3n) is 7.31. The third kappa shape index (κ3) is 4.41. The molecular weight excluding hydrogens is 502 g/mol. The van der Waals surface area contributed by atoms with E-state index in [2.05, 4.69) is 5.32 Å². The van der Waals surface area contributed by atoms with Crippen molar-refractivity contribution < 1.29 is 53.4 Å². The standard InChI is InChI=1S/C26H31NO11/c1-3-35-25(33)11-4-5-13-14(6-11)22(38-26-21(32)20(31)19(30)16(9-28)37-26)24(34-2)23-18(13)15(10-36-23)12-7-17(29)27-8-12/h4-5,10-12,16,19-21,26,28,30-32H,3,6-9H2,1-2H3,(H,27,29)/t11-,12+,16-,19-,20+,21-,26+/m1/s1. The molecule has 12 heteroatoms. The normalized spacial score (nSPS) is 30.7. The van der Waals surface area contributed by atoms with E-state index in [1.165, 1.54) is 7.11 Å². The number of carbonyl (C=O) groups is 2. The highest BCUT2D eigenvalue weighted by molar-refractivity contribution is 6.00. The Morgan fingerprint density at radius 1 is 1.16 bits per heavy atom. The van der Waals surface area contributed by atoms with Crippen LogP contribution in [-0.4, -0.2) is 89.9 Å². The van der Waals surface area contributed by atoms with Crippen LogP contribution in [0.25, 0.3) is 17.0 Å². The van der Waals surface area contributed by atoms with Crippen molar-refractivity contribution >= 4 is 28.9 Å². The average molecular weight is 534 g/mol. The van der Waals surface area contributed by atoms with Gasteiger partial charge in [-0.05, 0) is 18.9 Å². The molecule has 2 saturated heterocycles. The highest BCUT2D eigenvalue weighted by Crippen LogP contribution is 2.49. The fraction of sp³-hybridized carbons (Fsp3) is 0.538. The van der Waals surface area contributed by atoms with Crippen LogP contribution in [-0.2, 0) is 25.5 Å². The minimum Gasteiger partial charge on any atom is -0.490 e. The van der Waals surface area contributed by atoms with E-state index in [1.807, 2.05) is 0 Å². The zero-order valence-corrected chi connectivity index (χ0v) is 21.0. The number of rotatable bonds is 7. The maximum absolute atomic E-state index is 12.6. The smallest absolute Gasteiger partial charge is 0.313 e. The summed E-state index contributed by atoms with van der Waals surface area (Å²) in [5.41, 5.74) is 2.36. The summed E-state index contributed by atoms with van der Waals surface area (Å²) in [5.74, 6) is -0.981. The van der Waals surface area contributed by atoms with E-state index in [9.17, 15) is 30.0 Å². The molecular formula is C26H31NO11. The van der Waals surface area contributed by atoms with Gasteiger partial charge in [-0.1, -0.05) is 12.2 Å². The molecule has 206 valence electrons. The maximum Gasteiger partial charge on any atom is 0.313 e. The van der Waals surface area contributed by atoms with Gasteiger partial charge in [0.1, 0.15) is 24.4 Å². The van der Waals surface area contributed by atoms with E-state index in [0.717, 1.165) is 5.56 Å². The summed E-state index contributed by atoms with van der Waals surface area (Å²) in [7, 11) is 1.41. The Kier molecular flexibility index (Phi) is 7.34. The number of aliphatic hydroxyl groups excluding tert-OH is 4. The molecule has 1 aliphatic carbocycles. The maximum atomic E-state index is 12.6. The number of aliphatic hydroxyl groups is 4. The molecule has 5 rings (SSSR count). The Hall–Kier alpha value is -3.16. The molecule has 1 aromatic heterocycles. The van der Waals surface area contributed by atoms with Gasteiger partial charge in [-0.15, -0.1) is 0 Å². The lowest BCUT2D eigenvalue weighted by Gasteiger charge is -2.40. The van der Waals surface area contributed by atoms with Gasteiger partial charge in [-0.3, -0.25) is 9.59 Å². The molecule has 0 spiro atoms. The lowest BCUT2D eigenvalue weighted by molar-refractivity contribution is -0.277. The van der Waals surface area contributed by atoms with Gasteiger partial charge in [0, 0.05) is 35.4 Å². The first-order chi connectivity index (χ1) is 18.3. The SMILES string of the molecule is CCOC(=O)[C@@H]1C=Cc2c(c(O[C@@H]3O[C@H](CO)[C@@H](O)[C@H](O)[C@H]3O)c(OC)c3occ([C@@H]4CNC(=O)C4)c23)C1. The van der Waals surface area contributed by atoms with E-state index < -0.39 is 49.2 Å². The second-order valence-corrected chi connectivity index (χ2v) is 9.59. The molecule has 0 radical (unpaired) electrons. The molecule has 2 aliphatic heterocycles. The summed E-state index contributed by atoms with van der Waals surface area (Å²) in [4.78, 5) is 24.6. The van der Waals surface area contributed by atoms with E-state index >= 15 is 0 Å². The fourth-order valence-electron chi connectivity index (χ4n) is 5.34. The topological polar surface area (TPSA) is 177 Å². The zero-order valence-electron chi connectivity index (χ0n) is 21.0. The number of esters is 1. The van der Waals surface area contributed by atoms with Crippen molar-refractivity contribution in [3.05, 3.63) is 29.0 Å². The number of hydrogen-bond donors (Lipinski definition) is 5. The van der Waals surface area contributed by atoms with Crippen LogP contribution in [0, 0.1) is 5.92 Å². The van der Waals surface area contributed by atoms with Crippen LogP contribution in [0.1, 0.15) is 36.0 Å². The molecule has 0 saturated carbocycles.